The van der Waals surface area contributed by atoms with Gasteiger partial charge in [0.25, 0.3) is 5.91 Å². The van der Waals surface area contributed by atoms with Crippen LogP contribution in [0.25, 0.3) is 0 Å². The molecule has 0 saturated heterocycles. The molecular formula is C23H28N3O5+. The fraction of sp³-hybridized carbons (Fsp3) is 0.348. The van der Waals surface area contributed by atoms with Crippen molar-refractivity contribution in [2.24, 2.45) is 0 Å². The molecule has 0 fully saturated rings. The standard InChI is InChI=1S/C23H27N3O5/c1-25(14-21(27)24-18-9-6-10-19(12-18)30-2)22(28)15-26-13-17-8-5-4-7-16(17)11-20(26)23(29)31-3/h4-10,12,20H,11,13-15H2,1-3H3,(H,24,27)/p+1/t20-/m0/s1. The zero-order chi connectivity index (χ0) is 22.4. The Morgan fingerprint density at radius 3 is 2.55 bits per heavy atom. The minimum Gasteiger partial charge on any atom is -0.497 e. The van der Waals surface area contributed by atoms with E-state index in [4.69, 9.17) is 9.47 Å². The summed E-state index contributed by atoms with van der Waals surface area (Å²) in [6, 6.07) is 14.5. The first kappa shape index (κ1) is 22.3. The van der Waals surface area contributed by atoms with Gasteiger partial charge in [-0.05, 0) is 17.7 Å². The highest BCUT2D eigenvalue weighted by molar-refractivity contribution is 5.94. The summed E-state index contributed by atoms with van der Waals surface area (Å²) in [5.74, 6) is -0.238. The number of nitrogens with zero attached hydrogens (tertiary/aromatic N) is 1. The topological polar surface area (TPSA) is 89.4 Å². The second kappa shape index (κ2) is 10.1. The number of hydrogen-bond acceptors (Lipinski definition) is 5. The number of likely N-dealkylation sites (N-methyl/N-ethyl adjacent to an activating group) is 1. The first-order valence-electron chi connectivity index (χ1n) is 10.1. The van der Waals surface area contributed by atoms with Gasteiger partial charge in [0.05, 0.1) is 20.8 Å². The molecule has 2 amide bonds. The quantitative estimate of drug-likeness (QED) is 0.621. The molecule has 0 spiro atoms. The maximum absolute atomic E-state index is 12.8. The third-order valence-corrected chi connectivity index (χ3v) is 5.48. The van der Waals surface area contributed by atoms with Crippen molar-refractivity contribution in [1.29, 1.82) is 0 Å². The third kappa shape index (κ3) is 5.61. The Hall–Kier alpha value is -3.39. The number of amides is 2. The highest BCUT2D eigenvalue weighted by Crippen LogP contribution is 2.17. The highest BCUT2D eigenvalue weighted by Gasteiger charge is 2.37. The molecular weight excluding hydrogens is 398 g/mol. The maximum atomic E-state index is 12.8. The molecule has 0 saturated carbocycles. The Kier molecular flexibility index (Phi) is 7.25. The molecule has 1 unspecified atom stereocenters. The highest BCUT2D eigenvalue weighted by atomic mass is 16.5. The summed E-state index contributed by atoms with van der Waals surface area (Å²) in [6.45, 7) is 0.547. The van der Waals surface area contributed by atoms with Gasteiger partial charge in [0.2, 0.25) is 5.91 Å². The number of rotatable bonds is 7. The normalized spacial score (nSPS) is 17.3. The SMILES string of the molecule is COC(=O)[C@@H]1Cc2ccccc2C[NH+]1CC(=O)N(C)CC(=O)Nc1cccc(OC)c1. The lowest BCUT2D eigenvalue weighted by Gasteiger charge is -2.32. The van der Waals surface area contributed by atoms with Crippen molar-refractivity contribution in [2.45, 2.75) is 19.0 Å². The van der Waals surface area contributed by atoms with E-state index in [1.807, 2.05) is 24.3 Å². The van der Waals surface area contributed by atoms with Gasteiger partial charge in [-0.3, -0.25) is 9.59 Å². The van der Waals surface area contributed by atoms with E-state index >= 15 is 0 Å². The zero-order valence-corrected chi connectivity index (χ0v) is 18.0. The Morgan fingerprint density at radius 2 is 1.84 bits per heavy atom. The van der Waals surface area contributed by atoms with Gasteiger partial charge in [0, 0.05) is 30.8 Å². The summed E-state index contributed by atoms with van der Waals surface area (Å²) in [5.41, 5.74) is 2.80. The van der Waals surface area contributed by atoms with Gasteiger partial charge in [-0.2, -0.15) is 0 Å². The molecule has 1 heterocycles. The van der Waals surface area contributed by atoms with Crippen molar-refractivity contribution in [3.8, 4) is 5.75 Å². The smallest absolute Gasteiger partial charge is 0.365 e. The number of hydrogen-bond donors (Lipinski definition) is 2. The number of benzene rings is 2. The second-order valence-electron chi connectivity index (χ2n) is 7.59. The first-order chi connectivity index (χ1) is 14.9. The van der Waals surface area contributed by atoms with Crippen molar-refractivity contribution >= 4 is 23.5 Å². The predicted octanol–water partition coefficient (Wildman–Crippen LogP) is 0.275. The minimum atomic E-state index is -0.456. The largest absolute Gasteiger partial charge is 0.497 e. The summed E-state index contributed by atoms with van der Waals surface area (Å²) < 4.78 is 10.1. The van der Waals surface area contributed by atoms with E-state index in [2.05, 4.69) is 5.32 Å². The molecule has 0 aliphatic carbocycles. The maximum Gasteiger partial charge on any atom is 0.365 e. The van der Waals surface area contributed by atoms with Crippen molar-refractivity contribution in [3.63, 3.8) is 0 Å². The number of esters is 1. The molecule has 1 aliphatic heterocycles. The van der Waals surface area contributed by atoms with Crippen LogP contribution >= 0.6 is 0 Å². The van der Waals surface area contributed by atoms with E-state index in [9.17, 15) is 14.4 Å². The van der Waals surface area contributed by atoms with Gasteiger partial charge in [-0.25, -0.2) is 4.79 Å². The number of quaternary nitrogens is 1. The third-order valence-electron chi connectivity index (χ3n) is 5.48. The molecule has 2 aromatic carbocycles. The van der Waals surface area contributed by atoms with Crippen LogP contribution in [0.2, 0.25) is 0 Å². The van der Waals surface area contributed by atoms with Crippen LogP contribution in [0.15, 0.2) is 48.5 Å². The van der Waals surface area contributed by atoms with Crippen molar-refractivity contribution < 1.29 is 28.8 Å². The number of carbonyl (C=O) groups is 3. The lowest BCUT2D eigenvalue weighted by atomic mass is 9.94. The van der Waals surface area contributed by atoms with Gasteiger partial charge in [0.15, 0.2) is 12.6 Å². The molecule has 31 heavy (non-hydrogen) atoms. The zero-order valence-electron chi connectivity index (χ0n) is 18.0. The molecule has 164 valence electrons. The van der Waals surface area contributed by atoms with Crippen LogP contribution in [0, 0.1) is 0 Å². The Balaban J connectivity index is 1.62. The average Bonchev–Trinajstić information content (AvgIpc) is 2.78. The number of fused-ring (bicyclic) bond motifs is 1. The molecule has 0 radical (unpaired) electrons. The monoisotopic (exact) mass is 426 g/mol. The molecule has 3 rings (SSSR count). The Labute approximate surface area is 181 Å². The number of anilines is 1. The van der Waals surface area contributed by atoms with E-state index in [-0.39, 0.29) is 30.9 Å². The Bertz CT molecular complexity index is 962. The first-order valence-corrected chi connectivity index (χ1v) is 10.1. The lowest BCUT2D eigenvalue weighted by molar-refractivity contribution is -0.925. The average molecular weight is 426 g/mol. The van der Waals surface area contributed by atoms with Gasteiger partial charge in [0.1, 0.15) is 12.3 Å². The minimum absolute atomic E-state index is 0.0943. The molecule has 8 heteroatoms. The summed E-state index contributed by atoms with van der Waals surface area (Å²) in [5, 5.41) is 2.76. The number of ether oxygens (including phenoxy) is 2. The van der Waals surface area contributed by atoms with Crippen molar-refractivity contribution in [3.05, 3.63) is 59.7 Å². The number of carbonyl (C=O) groups excluding carboxylic acids is 3. The molecule has 1 aliphatic rings. The molecule has 8 nitrogen and oxygen atoms in total. The van der Waals surface area contributed by atoms with Gasteiger partial charge < -0.3 is 24.6 Å². The van der Waals surface area contributed by atoms with Gasteiger partial charge in [-0.1, -0.05) is 30.3 Å². The van der Waals surface area contributed by atoms with Gasteiger partial charge >= 0.3 is 5.97 Å². The van der Waals surface area contributed by atoms with Crippen LogP contribution in [0.1, 0.15) is 11.1 Å². The van der Waals surface area contributed by atoms with Crippen LogP contribution in [0.4, 0.5) is 5.69 Å². The van der Waals surface area contributed by atoms with Crippen molar-refractivity contribution in [1.82, 2.24) is 4.90 Å². The van der Waals surface area contributed by atoms with E-state index in [0.29, 0.717) is 24.4 Å². The fourth-order valence-corrected chi connectivity index (χ4v) is 3.77. The van der Waals surface area contributed by atoms with Crippen LogP contribution in [0.5, 0.6) is 5.75 Å². The van der Waals surface area contributed by atoms with Crippen LogP contribution in [-0.4, -0.2) is 63.1 Å². The van der Waals surface area contributed by atoms with E-state index in [1.165, 1.54) is 12.0 Å². The summed E-state index contributed by atoms with van der Waals surface area (Å²) >= 11 is 0. The summed E-state index contributed by atoms with van der Waals surface area (Å²) in [4.78, 5) is 39.7. The van der Waals surface area contributed by atoms with Crippen molar-refractivity contribution in [2.75, 3.05) is 39.7 Å². The van der Waals surface area contributed by atoms with Crippen LogP contribution in [0.3, 0.4) is 0 Å². The number of nitrogens with one attached hydrogen (secondary N) is 2. The molecule has 2 aromatic rings. The van der Waals surface area contributed by atoms with Crippen LogP contribution in [-0.2, 0) is 32.1 Å². The molecule has 0 bridgehead atoms. The summed E-state index contributed by atoms with van der Waals surface area (Å²) in [7, 11) is 4.49. The van der Waals surface area contributed by atoms with E-state index in [1.54, 1.807) is 38.4 Å². The summed E-state index contributed by atoms with van der Waals surface area (Å²) in [6.07, 6.45) is 0.519. The molecule has 2 atom stereocenters. The van der Waals surface area contributed by atoms with Gasteiger partial charge in [-0.15, -0.1) is 0 Å². The number of methoxy groups -OCH3 is 2. The van der Waals surface area contributed by atoms with Crippen LogP contribution < -0.4 is 15.0 Å². The molecule has 2 N–H and O–H groups in total. The predicted molar refractivity (Wildman–Crippen MR) is 115 cm³/mol. The van der Waals surface area contributed by atoms with E-state index < -0.39 is 6.04 Å². The Morgan fingerprint density at radius 1 is 1.10 bits per heavy atom. The lowest BCUT2D eigenvalue weighted by Crippen LogP contribution is -3.17. The second-order valence-corrected chi connectivity index (χ2v) is 7.59. The fourth-order valence-electron chi connectivity index (χ4n) is 3.77. The molecule has 0 aromatic heterocycles. The van der Waals surface area contributed by atoms with E-state index in [0.717, 1.165) is 16.0 Å².